The van der Waals surface area contributed by atoms with Crippen LogP contribution >= 0.6 is 0 Å². The third-order valence-electron chi connectivity index (χ3n) is 4.85. The van der Waals surface area contributed by atoms with Crippen molar-refractivity contribution in [3.63, 3.8) is 0 Å². The van der Waals surface area contributed by atoms with Gasteiger partial charge in [0, 0.05) is 12.3 Å². The average molecular weight is 347 g/mol. The van der Waals surface area contributed by atoms with Gasteiger partial charge in [-0.3, -0.25) is 4.79 Å². The number of ether oxygens (including phenoxy) is 2. The van der Waals surface area contributed by atoms with Gasteiger partial charge in [-0.1, -0.05) is 27.2 Å². The summed E-state index contributed by atoms with van der Waals surface area (Å²) in [5.74, 6) is 1.39. The summed E-state index contributed by atoms with van der Waals surface area (Å²) in [6.45, 7) is 9.72. The second-order valence-electron chi connectivity index (χ2n) is 7.33. The van der Waals surface area contributed by atoms with E-state index in [1.165, 1.54) is 6.42 Å². The first-order valence-electron chi connectivity index (χ1n) is 9.69. The average Bonchev–Trinajstić information content (AvgIpc) is 2.59. The van der Waals surface area contributed by atoms with E-state index in [0.717, 1.165) is 49.1 Å². The van der Waals surface area contributed by atoms with Crippen molar-refractivity contribution < 1.29 is 14.3 Å². The van der Waals surface area contributed by atoms with Crippen LogP contribution in [0, 0.1) is 12.8 Å². The number of benzene rings is 1. The van der Waals surface area contributed by atoms with Crippen LogP contribution in [0.5, 0.6) is 5.75 Å². The zero-order valence-electron chi connectivity index (χ0n) is 16.2. The maximum absolute atomic E-state index is 13.0. The molecule has 1 N–H and O–H groups in total. The molecular formula is C21H33NO3. The minimum absolute atomic E-state index is 0.00544. The van der Waals surface area contributed by atoms with E-state index in [9.17, 15) is 4.79 Å². The van der Waals surface area contributed by atoms with E-state index >= 15 is 0 Å². The van der Waals surface area contributed by atoms with Crippen LogP contribution in [0.25, 0.3) is 0 Å². The normalized spacial score (nSPS) is 23.3. The molecule has 2 rings (SSSR count). The minimum Gasteiger partial charge on any atom is -0.493 e. The molecule has 0 saturated heterocycles. The number of hydrogen-bond acceptors (Lipinski definition) is 3. The van der Waals surface area contributed by atoms with Crippen molar-refractivity contribution in [3.05, 3.63) is 23.8 Å². The Kier molecular flexibility index (Phi) is 7.30. The van der Waals surface area contributed by atoms with Crippen LogP contribution < -0.4 is 10.1 Å². The molecule has 1 fully saturated rings. The highest BCUT2D eigenvalue weighted by molar-refractivity contribution is 5.97. The summed E-state index contributed by atoms with van der Waals surface area (Å²) in [5, 5.41) is 3.09. The second kappa shape index (κ2) is 9.23. The summed E-state index contributed by atoms with van der Waals surface area (Å²) in [6, 6.07) is 5.82. The molecule has 0 heterocycles. The fraction of sp³-hybridized carbons (Fsp3) is 0.667. The summed E-state index contributed by atoms with van der Waals surface area (Å²) in [6.07, 6.45) is 5.73. The van der Waals surface area contributed by atoms with Gasteiger partial charge in [0.25, 0.3) is 5.91 Å². The van der Waals surface area contributed by atoms with E-state index in [0.29, 0.717) is 19.1 Å². The van der Waals surface area contributed by atoms with Gasteiger partial charge in [0.1, 0.15) is 11.4 Å². The van der Waals surface area contributed by atoms with E-state index in [-0.39, 0.29) is 5.91 Å². The Morgan fingerprint density at radius 1 is 1.28 bits per heavy atom. The van der Waals surface area contributed by atoms with Crippen molar-refractivity contribution in [1.29, 1.82) is 0 Å². The number of carbonyl (C=O) groups is 1. The van der Waals surface area contributed by atoms with Crippen molar-refractivity contribution in [2.75, 3.05) is 18.5 Å². The topological polar surface area (TPSA) is 47.6 Å². The largest absolute Gasteiger partial charge is 0.493 e. The number of rotatable bonds is 8. The number of nitrogens with one attached hydrogen (secondary N) is 1. The molecule has 1 amide bonds. The molecule has 0 aliphatic heterocycles. The van der Waals surface area contributed by atoms with Gasteiger partial charge >= 0.3 is 0 Å². The van der Waals surface area contributed by atoms with E-state index in [2.05, 4.69) is 26.1 Å². The number of amides is 1. The summed E-state index contributed by atoms with van der Waals surface area (Å²) in [7, 11) is 0. The highest BCUT2D eigenvalue weighted by atomic mass is 16.5. The Morgan fingerprint density at radius 3 is 2.68 bits per heavy atom. The first-order chi connectivity index (χ1) is 12.0. The lowest BCUT2D eigenvalue weighted by Crippen LogP contribution is -2.48. The fourth-order valence-corrected chi connectivity index (χ4v) is 3.55. The molecule has 1 aromatic rings. The highest BCUT2D eigenvalue weighted by Gasteiger charge is 2.42. The van der Waals surface area contributed by atoms with Gasteiger partial charge in [-0.15, -0.1) is 0 Å². The third kappa shape index (κ3) is 5.21. The minimum atomic E-state index is -0.682. The Labute approximate surface area is 152 Å². The Bertz CT molecular complexity index is 572. The Hall–Kier alpha value is -1.55. The predicted octanol–water partition coefficient (Wildman–Crippen LogP) is 5.10. The molecule has 140 valence electrons. The van der Waals surface area contributed by atoms with Gasteiger partial charge in [-0.25, -0.2) is 0 Å². The lowest BCUT2D eigenvalue weighted by molar-refractivity contribution is -0.148. The molecular weight excluding hydrogens is 314 g/mol. The van der Waals surface area contributed by atoms with Crippen LogP contribution in [0.15, 0.2) is 18.2 Å². The molecule has 0 aromatic heterocycles. The molecule has 1 aromatic carbocycles. The van der Waals surface area contributed by atoms with Crippen LogP contribution in [-0.2, 0) is 9.53 Å². The molecule has 0 spiro atoms. The monoisotopic (exact) mass is 347 g/mol. The summed E-state index contributed by atoms with van der Waals surface area (Å²) in [4.78, 5) is 13.0. The number of carbonyl (C=O) groups excluding carboxylic acids is 1. The van der Waals surface area contributed by atoms with Crippen LogP contribution in [0.4, 0.5) is 5.69 Å². The molecule has 25 heavy (non-hydrogen) atoms. The molecule has 1 aliphatic rings. The standard InChI is InChI=1S/C21H33NO3/c1-5-12-24-19-10-9-18(14-17(19)4)22-20(23)21(25-13-6-2)11-7-8-16(3)15-21/h9-10,14,16H,5-8,11-13,15H2,1-4H3,(H,22,23)/t16-,21+/m0/s1. The van der Waals surface area contributed by atoms with E-state index in [4.69, 9.17) is 9.47 Å². The van der Waals surface area contributed by atoms with E-state index in [1.54, 1.807) is 0 Å². The Morgan fingerprint density at radius 2 is 2.04 bits per heavy atom. The van der Waals surface area contributed by atoms with Crippen LogP contribution in [0.2, 0.25) is 0 Å². The maximum Gasteiger partial charge on any atom is 0.256 e. The molecule has 0 radical (unpaired) electrons. The molecule has 1 aliphatic carbocycles. The smallest absolute Gasteiger partial charge is 0.256 e. The van der Waals surface area contributed by atoms with Crippen LogP contribution in [-0.4, -0.2) is 24.7 Å². The zero-order chi connectivity index (χ0) is 18.3. The van der Waals surface area contributed by atoms with Crippen LogP contribution in [0.3, 0.4) is 0 Å². The first kappa shape index (κ1) is 19.8. The van der Waals surface area contributed by atoms with Gasteiger partial charge < -0.3 is 14.8 Å². The van der Waals surface area contributed by atoms with Crippen molar-refractivity contribution in [2.45, 2.75) is 71.8 Å². The zero-order valence-corrected chi connectivity index (χ0v) is 16.2. The second-order valence-corrected chi connectivity index (χ2v) is 7.33. The van der Waals surface area contributed by atoms with E-state index in [1.807, 2.05) is 25.1 Å². The SMILES string of the molecule is CCCOc1ccc(NC(=O)[C@@]2(OCCC)CCC[C@H](C)C2)cc1C. The fourth-order valence-electron chi connectivity index (χ4n) is 3.55. The molecule has 2 atom stereocenters. The van der Waals surface area contributed by atoms with Crippen molar-refractivity contribution in [1.82, 2.24) is 0 Å². The van der Waals surface area contributed by atoms with Gasteiger partial charge in [0.05, 0.1) is 6.61 Å². The quantitative estimate of drug-likeness (QED) is 0.712. The highest BCUT2D eigenvalue weighted by Crippen LogP contribution is 2.36. The van der Waals surface area contributed by atoms with Gasteiger partial charge in [-0.05, 0) is 68.7 Å². The van der Waals surface area contributed by atoms with Crippen LogP contribution in [0.1, 0.15) is 64.9 Å². The summed E-state index contributed by atoms with van der Waals surface area (Å²) >= 11 is 0. The number of aryl methyl sites for hydroxylation is 1. The van der Waals surface area contributed by atoms with Gasteiger partial charge in [0.2, 0.25) is 0 Å². The predicted molar refractivity (Wildman–Crippen MR) is 102 cm³/mol. The molecule has 0 unspecified atom stereocenters. The van der Waals surface area contributed by atoms with Crippen molar-refractivity contribution in [2.24, 2.45) is 5.92 Å². The molecule has 4 heteroatoms. The van der Waals surface area contributed by atoms with Gasteiger partial charge in [0.15, 0.2) is 0 Å². The first-order valence-corrected chi connectivity index (χ1v) is 9.69. The van der Waals surface area contributed by atoms with Gasteiger partial charge in [-0.2, -0.15) is 0 Å². The third-order valence-corrected chi connectivity index (χ3v) is 4.85. The number of anilines is 1. The summed E-state index contributed by atoms with van der Waals surface area (Å²) in [5.41, 5.74) is 1.16. The molecule has 4 nitrogen and oxygen atoms in total. The lowest BCUT2D eigenvalue weighted by Gasteiger charge is -2.38. The molecule has 1 saturated carbocycles. The van der Waals surface area contributed by atoms with E-state index < -0.39 is 5.60 Å². The number of hydrogen-bond donors (Lipinski definition) is 1. The summed E-state index contributed by atoms with van der Waals surface area (Å²) < 4.78 is 11.8. The molecule has 0 bridgehead atoms. The van der Waals surface area contributed by atoms with Crippen molar-refractivity contribution >= 4 is 11.6 Å². The Balaban J connectivity index is 2.10. The maximum atomic E-state index is 13.0. The van der Waals surface area contributed by atoms with Crippen molar-refractivity contribution in [3.8, 4) is 5.75 Å². The lowest BCUT2D eigenvalue weighted by atomic mass is 9.78.